The summed E-state index contributed by atoms with van der Waals surface area (Å²) in [7, 11) is 0. The van der Waals surface area contributed by atoms with Crippen LogP contribution in [0.2, 0.25) is 5.02 Å². The van der Waals surface area contributed by atoms with Crippen molar-refractivity contribution in [1.82, 2.24) is 15.8 Å². The van der Waals surface area contributed by atoms with Crippen LogP contribution in [0.3, 0.4) is 0 Å². The predicted octanol–water partition coefficient (Wildman–Crippen LogP) is 3.03. The summed E-state index contributed by atoms with van der Waals surface area (Å²) >= 11 is 5.96. The molecule has 0 bridgehead atoms. The number of allylic oxidation sites excluding steroid dienone is 1. The Kier molecular flexibility index (Phi) is 4.74. The Hall–Kier alpha value is -2.33. The van der Waals surface area contributed by atoms with Crippen molar-refractivity contribution in [3.63, 3.8) is 0 Å². The van der Waals surface area contributed by atoms with Crippen molar-refractivity contribution in [2.24, 2.45) is 0 Å². The molecule has 0 unspecified atom stereocenters. The smallest absolute Gasteiger partial charge is 0.269 e. The van der Waals surface area contributed by atoms with E-state index in [9.17, 15) is 4.79 Å². The molecule has 2 rings (SSSR count). The molecule has 102 valence electrons. The molecular weight excluding hydrogens is 274 g/mol. The molecule has 1 aromatic carbocycles. The Balaban J connectivity index is 2.04. The van der Waals surface area contributed by atoms with Gasteiger partial charge in [0.05, 0.1) is 5.70 Å². The van der Waals surface area contributed by atoms with Crippen molar-refractivity contribution in [3.05, 3.63) is 71.0 Å². The van der Waals surface area contributed by atoms with Gasteiger partial charge in [-0.3, -0.25) is 20.6 Å². The molecule has 4 nitrogen and oxygen atoms in total. The summed E-state index contributed by atoms with van der Waals surface area (Å²) in [6, 6.07) is 10.7. The molecule has 0 fully saturated rings. The average molecular weight is 288 g/mol. The minimum Gasteiger partial charge on any atom is -0.298 e. The van der Waals surface area contributed by atoms with E-state index in [1.54, 1.807) is 30.6 Å². The second kappa shape index (κ2) is 6.73. The van der Waals surface area contributed by atoms with Crippen molar-refractivity contribution in [2.45, 2.75) is 6.92 Å². The Morgan fingerprint density at radius 3 is 2.55 bits per heavy atom. The first-order chi connectivity index (χ1) is 9.70. The fourth-order valence-corrected chi connectivity index (χ4v) is 1.86. The Morgan fingerprint density at radius 1 is 1.15 bits per heavy atom. The van der Waals surface area contributed by atoms with Gasteiger partial charge in [-0.25, -0.2) is 0 Å². The van der Waals surface area contributed by atoms with E-state index in [0.717, 1.165) is 11.3 Å². The molecule has 2 N–H and O–H groups in total. The van der Waals surface area contributed by atoms with Crippen LogP contribution in [0.15, 0.2) is 54.9 Å². The zero-order chi connectivity index (χ0) is 14.4. The van der Waals surface area contributed by atoms with Gasteiger partial charge in [0.25, 0.3) is 5.91 Å². The summed E-state index contributed by atoms with van der Waals surface area (Å²) in [5, 5.41) is 0.643. The number of carbonyl (C=O) groups excluding carboxylic acids is 1. The maximum atomic E-state index is 11.9. The van der Waals surface area contributed by atoms with E-state index in [4.69, 9.17) is 11.6 Å². The van der Waals surface area contributed by atoms with Gasteiger partial charge in [-0.2, -0.15) is 0 Å². The highest BCUT2D eigenvalue weighted by Crippen LogP contribution is 2.16. The number of nitrogens with one attached hydrogen (secondary N) is 2. The summed E-state index contributed by atoms with van der Waals surface area (Å²) in [5.41, 5.74) is 7.74. The van der Waals surface area contributed by atoms with Crippen LogP contribution >= 0.6 is 11.6 Å². The van der Waals surface area contributed by atoms with Gasteiger partial charge in [-0.1, -0.05) is 29.8 Å². The van der Waals surface area contributed by atoms with Crippen molar-refractivity contribution in [1.29, 1.82) is 0 Å². The van der Waals surface area contributed by atoms with Crippen LogP contribution in [0.25, 0.3) is 5.70 Å². The second-order valence-electron chi connectivity index (χ2n) is 4.03. The quantitative estimate of drug-likeness (QED) is 0.850. The molecule has 0 spiro atoms. The summed E-state index contributed by atoms with van der Waals surface area (Å²) in [6.45, 7) is 1.88. The molecule has 0 aliphatic rings. The molecule has 0 aliphatic heterocycles. The van der Waals surface area contributed by atoms with Crippen molar-refractivity contribution >= 4 is 23.2 Å². The number of benzene rings is 1. The lowest BCUT2D eigenvalue weighted by molar-refractivity contribution is 0.0942. The molecular formula is C15H14ClN3O. The maximum absolute atomic E-state index is 11.9. The van der Waals surface area contributed by atoms with Crippen molar-refractivity contribution < 1.29 is 4.79 Å². The van der Waals surface area contributed by atoms with Crippen LogP contribution in [-0.2, 0) is 0 Å². The summed E-state index contributed by atoms with van der Waals surface area (Å²) in [6.07, 6.45) is 5.00. The van der Waals surface area contributed by atoms with E-state index in [1.807, 2.05) is 31.2 Å². The van der Waals surface area contributed by atoms with Crippen LogP contribution in [0.5, 0.6) is 0 Å². The van der Waals surface area contributed by atoms with Gasteiger partial charge < -0.3 is 0 Å². The summed E-state index contributed by atoms with van der Waals surface area (Å²) in [4.78, 5) is 15.8. The lowest BCUT2D eigenvalue weighted by Gasteiger charge is -2.12. The van der Waals surface area contributed by atoms with E-state index >= 15 is 0 Å². The third kappa shape index (κ3) is 3.59. The zero-order valence-corrected chi connectivity index (χ0v) is 11.7. The van der Waals surface area contributed by atoms with E-state index in [2.05, 4.69) is 15.8 Å². The number of pyridine rings is 1. The monoisotopic (exact) mass is 287 g/mol. The number of carbonyl (C=O) groups is 1. The lowest BCUT2D eigenvalue weighted by atomic mass is 10.1. The van der Waals surface area contributed by atoms with Gasteiger partial charge in [-0.15, -0.1) is 0 Å². The number of aromatic nitrogens is 1. The number of hydrogen-bond donors (Lipinski definition) is 2. The highest BCUT2D eigenvalue weighted by molar-refractivity contribution is 6.30. The Morgan fingerprint density at radius 2 is 1.90 bits per heavy atom. The van der Waals surface area contributed by atoms with Crippen LogP contribution in [0, 0.1) is 0 Å². The largest absolute Gasteiger partial charge is 0.298 e. The molecule has 20 heavy (non-hydrogen) atoms. The molecule has 0 radical (unpaired) electrons. The first-order valence-corrected chi connectivity index (χ1v) is 6.47. The fraction of sp³-hybridized carbons (Fsp3) is 0.0667. The third-order valence-electron chi connectivity index (χ3n) is 2.68. The van der Waals surface area contributed by atoms with E-state index in [-0.39, 0.29) is 5.91 Å². The van der Waals surface area contributed by atoms with Crippen LogP contribution in [0.4, 0.5) is 0 Å². The maximum Gasteiger partial charge on any atom is 0.269 e. The highest BCUT2D eigenvalue weighted by Gasteiger charge is 2.06. The molecule has 5 heteroatoms. The number of hydrogen-bond acceptors (Lipinski definition) is 3. The molecule has 0 saturated carbocycles. The predicted molar refractivity (Wildman–Crippen MR) is 79.9 cm³/mol. The minimum absolute atomic E-state index is 0.228. The first kappa shape index (κ1) is 14.1. The number of hydrazine groups is 1. The number of rotatable bonds is 4. The van der Waals surface area contributed by atoms with Gasteiger partial charge in [-0.05, 0) is 31.2 Å². The van der Waals surface area contributed by atoms with Gasteiger partial charge in [0.1, 0.15) is 0 Å². The minimum atomic E-state index is -0.228. The second-order valence-corrected chi connectivity index (χ2v) is 4.46. The molecule has 2 aromatic rings. The Labute approximate surface area is 122 Å². The molecule has 0 atom stereocenters. The van der Waals surface area contributed by atoms with Gasteiger partial charge >= 0.3 is 0 Å². The van der Waals surface area contributed by atoms with Crippen LogP contribution in [0.1, 0.15) is 22.8 Å². The SMILES string of the molecule is CC=C(NNC(=O)c1ccncc1)c1cccc(Cl)c1. The average Bonchev–Trinajstić information content (AvgIpc) is 2.48. The number of halogens is 1. The van der Waals surface area contributed by atoms with Crippen molar-refractivity contribution in [2.75, 3.05) is 0 Å². The summed E-state index contributed by atoms with van der Waals surface area (Å²) < 4.78 is 0. The molecule has 1 amide bonds. The van der Waals surface area contributed by atoms with Crippen LogP contribution in [-0.4, -0.2) is 10.9 Å². The summed E-state index contributed by atoms with van der Waals surface area (Å²) in [5.74, 6) is -0.228. The molecule has 1 heterocycles. The fourth-order valence-electron chi connectivity index (χ4n) is 1.67. The number of nitrogens with zero attached hydrogens (tertiary/aromatic N) is 1. The van der Waals surface area contributed by atoms with Gasteiger partial charge in [0, 0.05) is 28.5 Å². The number of amides is 1. The molecule has 0 aliphatic carbocycles. The van der Waals surface area contributed by atoms with Gasteiger partial charge in [0.2, 0.25) is 0 Å². The van der Waals surface area contributed by atoms with E-state index < -0.39 is 0 Å². The highest BCUT2D eigenvalue weighted by atomic mass is 35.5. The third-order valence-corrected chi connectivity index (χ3v) is 2.91. The zero-order valence-electron chi connectivity index (χ0n) is 10.9. The van der Waals surface area contributed by atoms with Crippen LogP contribution < -0.4 is 10.9 Å². The Bertz CT molecular complexity index is 626. The molecule has 1 aromatic heterocycles. The van der Waals surface area contributed by atoms with E-state index in [1.165, 1.54) is 0 Å². The van der Waals surface area contributed by atoms with Gasteiger partial charge in [0.15, 0.2) is 0 Å². The topological polar surface area (TPSA) is 54.0 Å². The molecule has 0 saturated heterocycles. The van der Waals surface area contributed by atoms with E-state index in [0.29, 0.717) is 10.6 Å². The lowest BCUT2D eigenvalue weighted by Crippen LogP contribution is -2.36. The first-order valence-electron chi connectivity index (χ1n) is 6.09. The van der Waals surface area contributed by atoms with Crippen molar-refractivity contribution in [3.8, 4) is 0 Å². The normalized spacial score (nSPS) is 11.0. The standard InChI is InChI=1S/C15H14ClN3O/c1-2-14(12-4-3-5-13(16)10-12)18-19-15(20)11-6-8-17-9-7-11/h2-10,18H,1H3,(H,19,20).